The van der Waals surface area contributed by atoms with E-state index in [2.05, 4.69) is 4.74 Å². The zero-order valence-corrected chi connectivity index (χ0v) is 9.97. The van der Waals surface area contributed by atoms with Crippen molar-refractivity contribution in [3.63, 3.8) is 0 Å². The molecule has 0 fully saturated rings. The van der Waals surface area contributed by atoms with Gasteiger partial charge in [0.15, 0.2) is 17.6 Å². The van der Waals surface area contributed by atoms with E-state index < -0.39 is 17.5 Å². The molecule has 5 nitrogen and oxygen atoms in total. The number of aliphatic hydroxyl groups is 1. The molecular formula is C12H16O5. The Labute approximate surface area is 99.3 Å². The maximum absolute atomic E-state index is 11.3. The highest BCUT2D eigenvalue weighted by atomic mass is 16.5. The van der Waals surface area contributed by atoms with Gasteiger partial charge in [0.05, 0.1) is 7.11 Å². The van der Waals surface area contributed by atoms with Gasteiger partial charge in [0.1, 0.15) is 0 Å². The summed E-state index contributed by atoms with van der Waals surface area (Å²) in [5.41, 5.74) is -0.800. The summed E-state index contributed by atoms with van der Waals surface area (Å²) in [7, 11) is 1.17. The minimum Gasteiger partial charge on any atom is -0.504 e. The standard InChI is InChI=1S/C12H16O5/c1-12(2,10(15)11(16)17-3)7-5-4-6-8(13)9(7)14/h4-6,10,13-15H,1-3H3. The molecule has 0 amide bonds. The number of aromatic hydroxyl groups is 2. The van der Waals surface area contributed by atoms with Crippen LogP contribution in [0.5, 0.6) is 11.5 Å². The van der Waals surface area contributed by atoms with Gasteiger partial charge in [-0.1, -0.05) is 26.0 Å². The van der Waals surface area contributed by atoms with Crippen molar-refractivity contribution in [2.75, 3.05) is 7.11 Å². The number of ether oxygens (including phenoxy) is 1. The SMILES string of the molecule is COC(=O)C(O)C(C)(C)c1cccc(O)c1O. The van der Waals surface area contributed by atoms with Gasteiger partial charge >= 0.3 is 5.97 Å². The van der Waals surface area contributed by atoms with Crippen LogP contribution in [0.1, 0.15) is 19.4 Å². The van der Waals surface area contributed by atoms with Crippen molar-refractivity contribution in [3.05, 3.63) is 23.8 Å². The molecule has 1 rings (SSSR count). The molecule has 1 unspecified atom stereocenters. The van der Waals surface area contributed by atoms with Crippen LogP contribution < -0.4 is 0 Å². The number of para-hydroxylation sites is 1. The van der Waals surface area contributed by atoms with E-state index in [0.717, 1.165) is 0 Å². The lowest BCUT2D eigenvalue weighted by atomic mass is 9.78. The van der Waals surface area contributed by atoms with Crippen molar-refractivity contribution in [1.82, 2.24) is 0 Å². The monoisotopic (exact) mass is 240 g/mol. The first-order chi connectivity index (χ1) is 7.82. The van der Waals surface area contributed by atoms with E-state index in [1.807, 2.05) is 0 Å². The van der Waals surface area contributed by atoms with Crippen LogP contribution in [-0.4, -0.2) is 34.5 Å². The first kappa shape index (κ1) is 13.3. The maximum Gasteiger partial charge on any atom is 0.335 e. The van der Waals surface area contributed by atoms with E-state index in [-0.39, 0.29) is 17.1 Å². The van der Waals surface area contributed by atoms with Gasteiger partial charge < -0.3 is 20.1 Å². The van der Waals surface area contributed by atoms with E-state index in [1.165, 1.54) is 25.3 Å². The molecule has 0 heterocycles. The largest absolute Gasteiger partial charge is 0.504 e. The van der Waals surface area contributed by atoms with E-state index in [4.69, 9.17) is 0 Å². The summed E-state index contributed by atoms with van der Waals surface area (Å²) in [6.45, 7) is 3.14. The first-order valence-electron chi connectivity index (χ1n) is 5.09. The molecule has 0 aliphatic carbocycles. The molecule has 3 N–H and O–H groups in total. The van der Waals surface area contributed by atoms with Gasteiger partial charge in [-0.2, -0.15) is 0 Å². The fourth-order valence-electron chi connectivity index (χ4n) is 1.60. The average Bonchev–Trinajstić information content (AvgIpc) is 2.30. The second kappa shape index (κ2) is 4.63. The molecule has 0 aliphatic rings. The predicted molar refractivity (Wildman–Crippen MR) is 60.8 cm³/mol. The Balaban J connectivity index is 3.21. The second-order valence-electron chi connectivity index (χ2n) is 4.32. The summed E-state index contributed by atoms with van der Waals surface area (Å²) in [6, 6.07) is 4.37. The van der Waals surface area contributed by atoms with Gasteiger partial charge in [-0.05, 0) is 6.07 Å². The molecule has 0 aromatic heterocycles. The van der Waals surface area contributed by atoms with Crippen molar-refractivity contribution in [2.45, 2.75) is 25.4 Å². The fourth-order valence-corrected chi connectivity index (χ4v) is 1.60. The third-order valence-corrected chi connectivity index (χ3v) is 2.82. The number of carbonyl (C=O) groups is 1. The zero-order chi connectivity index (χ0) is 13.2. The number of methoxy groups -OCH3 is 1. The van der Waals surface area contributed by atoms with Gasteiger partial charge in [0, 0.05) is 11.0 Å². The summed E-state index contributed by atoms with van der Waals surface area (Å²) < 4.78 is 4.46. The average molecular weight is 240 g/mol. The number of phenolic OH excluding ortho intramolecular Hbond substituents is 2. The third kappa shape index (κ3) is 2.34. The quantitative estimate of drug-likeness (QED) is 0.540. The highest BCUT2D eigenvalue weighted by molar-refractivity contribution is 5.77. The smallest absolute Gasteiger partial charge is 0.335 e. The zero-order valence-electron chi connectivity index (χ0n) is 9.97. The van der Waals surface area contributed by atoms with Crippen LogP contribution in [0, 0.1) is 0 Å². The van der Waals surface area contributed by atoms with Crippen molar-refractivity contribution >= 4 is 5.97 Å². The Morgan fingerprint density at radius 3 is 2.47 bits per heavy atom. The summed E-state index contributed by atoms with van der Waals surface area (Å²) >= 11 is 0. The Morgan fingerprint density at radius 2 is 1.94 bits per heavy atom. The lowest BCUT2D eigenvalue weighted by Crippen LogP contribution is -2.40. The fraction of sp³-hybridized carbons (Fsp3) is 0.417. The first-order valence-corrected chi connectivity index (χ1v) is 5.09. The molecule has 0 saturated carbocycles. The number of aliphatic hydroxyl groups excluding tert-OH is 1. The normalized spacial score (nSPS) is 13.2. The molecule has 0 radical (unpaired) electrons. The van der Waals surface area contributed by atoms with E-state index in [1.54, 1.807) is 13.8 Å². The minimum absolute atomic E-state index is 0.274. The van der Waals surface area contributed by atoms with E-state index >= 15 is 0 Å². The van der Waals surface area contributed by atoms with Crippen molar-refractivity contribution in [2.24, 2.45) is 0 Å². The van der Waals surface area contributed by atoms with Crippen molar-refractivity contribution in [1.29, 1.82) is 0 Å². The Hall–Kier alpha value is -1.75. The van der Waals surface area contributed by atoms with E-state index in [0.29, 0.717) is 0 Å². The number of phenols is 2. The second-order valence-corrected chi connectivity index (χ2v) is 4.32. The molecule has 94 valence electrons. The van der Waals surface area contributed by atoms with Crippen LogP contribution in [0.25, 0.3) is 0 Å². The number of hydrogen-bond donors (Lipinski definition) is 3. The molecule has 0 spiro atoms. The molecule has 1 aromatic rings. The Morgan fingerprint density at radius 1 is 1.35 bits per heavy atom. The third-order valence-electron chi connectivity index (χ3n) is 2.82. The van der Waals surface area contributed by atoms with E-state index in [9.17, 15) is 20.1 Å². The number of esters is 1. The number of benzene rings is 1. The Bertz CT molecular complexity index is 425. The van der Waals surface area contributed by atoms with Crippen LogP contribution in [0.15, 0.2) is 18.2 Å². The van der Waals surface area contributed by atoms with Gasteiger partial charge in [0.2, 0.25) is 0 Å². The number of hydrogen-bond acceptors (Lipinski definition) is 5. The van der Waals surface area contributed by atoms with Gasteiger partial charge in [-0.25, -0.2) is 4.79 Å². The molecule has 5 heteroatoms. The van der Waals surface area contributed by atoms with Crippen LogP contribution in [-0.2, 0) is 14.9 Å². The summed E-state index contributed by atoms with van der Waals surface area (Å²) in [5, 5.41) is 29.0. The summed E-state index contributed by atoms with van der Waals surface area (Å²) in [4.78, 5) is 11.3. The highest BCUT2D eigenvalue weighted by Crippen LogP contribution is 2.38. The molecule has 1 atom stereocenters. The molecule has 1 aromatic carbocycles. The van der Waals surface area contributed by atoms with Crippen LogP contribution in [0.3, 0.4) is 0 Å². The lowest BCUT2D eigenvalue weighted by Gasteiger charge is -2.29. The molecule has 0 aliphatic heterocycles. The topological polar surface area (TPSA) is 87.0 Å². The molecule has 17 heavy (non-hydrogen) atoms. The number of rotatable bonds is 3. The summed E-state index contributed by atoms with van der Waals surface area (Å²) in [5.74, 6) is -1.44. The molecular weight excluding hydrogens is 224 g/mol. The van der Waals surface area contributed by atoms with Crippen LogP contribution >= 0.6 is 0 Å². The summed E-state index contributed by atoms with van der Waals surface area (Å²) in [6.07, 6.45) is -1.43. The van der Waals surface area contributed by atoms with Gasteiger partial charge in [-0.15, -0.1) is 0 Å². The van der Waals surface area contributed by atoms with Crippen LogP contribution in [0.2, 0.25) is 0 Å². The van der Waals surface area contributed by atoms with Gasteiger partial charge in [-0.3, -0.25) is 0 Å². The molecule has 0 bridgehead atoms. The van der Waals surface area contributed by atoms with Crippen molar-refractivity contribution < 1.29 is 24.9 Å². The Kier molecular flexibility index (Phi) is 3.63. The molecule has 0 saturated heterocycles. The lowest BCUT2D eigenvalue weighted by molar-refractivity contribution is -0.153. The van der Waals surface area contributed by atoms with Gasteiger partial charge in [0.25, 0.3) is 0 Å². The number of carbonyl (C=O) groups excluding carboxylic acids is 1. The highest BCUT2D eigenvalue weighted by Gasteiger charge is 2.38. The van der Waals surface area contributed by atoms with Crippen molar-refractivity contribution in [3.8, 4) is 11.5 Å². The predicted octanol–water partition coefficient (Wildman–Crippen LogP) is 0.909. The maximum atomic E-state index is 11.3. The van der Waals surface area contributed by atoms with Crippen LogP contribution in [0.4, 0.5) is 0 Å². The minimum atomic E-state index is -1.43.